The molecule has 2 heteroatoms. The van der Waals surface area contributed by atoms with E-state index in [-0.39, 0.29) is 5.92 Å². The summed E-state index contributed by atoms with van der Waals surface area (Å²) in [7, 11) is 0. The Kier molecular flexibility index (Phi) is 3.71. The summed E-state index contributed by atoms with van der Waals surface area (Å²) >= 11 is 6.51. The van der Waals surface area contributed by atoms with Gasteiger partial charge in [0.15, 0.2) is 5.78 Å². The molecule has 2 aliphatic carbocycles. The zero-order valence-electron chi connectivity index (χ0n) is 9.43. The molecule has 0 unspecified atom stereocenters. The summed E-state index contributed by atoms with van der Waals surface area (Å²) in [4.78, 5) is 11.9. The monoisotopic (exact) mass is 228 g/mol. The van der Waals surface area contributed by atoms with Crippen LogP contribution >= 0.6 is 11.6 Å². The summed E-state index contributed by atoms with van der Waals surface area (Å²) < 4.78 is 0. The molecule has 0 aromatic carbocycles. The van der Waals surface area contributed by atoms with E-state index >= 15 is 0 Å². The van der Waals surface area contributed by atoms with Gasteiger partial charge in [-0.25, -0.2) is 0 Å². The molecule has 0 atom stereocenters. The summed E-state index contributed by atoms with van der Waals surface area (Å²) in [6, 6.07) is 0. The number of halogens is 1. The predicted molar refractivity (Wildman–Crippen MR) is 63.3 cm³/mol. The number of hydrogen-bond donors (Lipinski definition) is 0. The average Bonchev–Trinajstić information content (AvgIpc) is 2.30. The molecule has 0 saturated heterocycles. The quantitative estimate of drug-likeness (QED) is 0.651. The van der Waals surface area contributed by atoms with Gasteiger partial charge in [-0.05, 0) is 25.7 Å². The second kappa shape index (κ2) is 4.86. The molecule has 2 aliphatic rings. The second-order valence-electron chi connectivity index (χ2n) is 5.23. The van der Waals surface area contributed by atoms with E-state index in [1.165, 1.54) is 25.7 Å². The molecule has 86 valence electrons. The lowest BCUT2D eigenvalue weighted by atomic mass is 9.76. The van der Waals surface area contributed by atoms with Crippen LogP contribution in [-0.4, -0.2) is 10.7 Å². The lowest BCUT2D eigenvalue weighted by Gasteiger charge is -2.34. The van der Waals surface area contributed by atoms with E-state index in [1.807, 2.05) is 0 Å². The van der Waals surface area contributed by atoms with E-state index in [9.17, 15) is 4.79 Å². The lowest BCUT2D eigenvalue weighted by Crippen LogP contribution is -2.40. The van der Waals surface area contributed by atoms with Gasteiger partial charge in [0, 0.05) is 5.92 Å². The van der Waals surface area contributed by atoms with Crippen LogP contribution in [0.25, 0.3) is 0 Å². The van der Waals surface area contributed by atoms with E-state index in [0.29, 0.717) is 5.78 Å². The van der Waals surface area contributed by atoms with Crippen LogP contribution < -0.4 is 0 Å². The maximum Gasteiger partial charge on any atom is 0.156 e. The van der Waals surface area contributed by atoms with Crippen molar-refractivity contribution in [1.29, 1.82) is 0 Å². The fourth-order valence-corrected chi connectivity index (χ4v) is 3.51. The van der Waals surface area contributed by atoms with Crippen molar-refractivity contribution in [2.24, 2.45) is 5.92 Å². The first-order valence-electron chi connectivity index (χ1n) is 6.46. The molecule has 2 saturated carbocycles. The smallest absolute Gasteiger partial charge is 0.156 e. The number of alkyl halides is 1. The van der Waals surface area contributed by atoms with E-state index in [2.05, 4.69) is 0 Å². The van der Waals surface area contributed by atoms with Crippen molar-refractivity contribution in [3.05, 3.63) is 0 Å². The molecular weight excluding hydrogens is 208 g/mol. The van der Waals surface area contributed by atoms with Crippen LogP contribution in [0.1, 0.15) is 64.2 Å². The third kappa shape index (κ3) is 2.55. The molecule has 0 aliphatic heterocycles. The molecule has 0 bridgehead atoms. The van der Waals surface area contributed by atoms with Crippen LogP contribution in [0.5, 0.6) is 0 Å². The molecule has 1 nitrogen and oxygen atoms in total. The van der Waals surface area contributed by atoms with Gasteiger partial charge in [-0.3, -0.25) is 4.79 Å². The highest BCUT2D eigenvalue weighted by Crippen LogP contribution is 2.39. The van der Waals surface area contributed by atoms with E-state index in [4.69, 9.17) is 11.6 Å². The Morgan fingerprint density at radius 3 is 2.07 bits per heavy atom. The zero-order valence-corrected chi connectivity index (χ0v) is 10.2. The summed E-state index contributed by atoms with van der Waals surface area (Å²) in [5, 5.41) is 0. The molecule has 2 rings (SSSR count). The summed E-state index contributed by atoms with van der Waals surface area (Å²) in [5.41, 5.74) is 0. The van der Waals surface area contributed by atoms with E-state index in [1.54, 1.807) is 0 Å². The van der Waals surface area contributed by atoms with Gasteiger partial charge in [0.2, 0.25) is 0 Å². The third-order valence-electron chi connectivity index (χ3n) is 4.06. The van der Waals surface area contributed by atoms with Gasteiger partial charge in [-0.15, -0.1) is 11.6 Å². The highest BCUT2D eigenvalue weighted by Gasteiger charge is 2.40. The predicted octanol–water partition coefficient (Wildman–Crippen LogP) is 4.08. The van der Waals surface area contributed by atoms with Gasteiger partial charge in [0.05, 0.1) is 0 Å². The SMILES string of the molecule is O=C(C1CCCCC1)C1(Cl)CCCCC1. The van der Waals surface area contributed by atoms with Gasteiger partial charge >= 0.3 is 0 Å². The van der Waals surface area contributed by atoms with Crippen molar-refractivity contribution in [2.45, 2.75) is 69.1 Å². The highest BCUT2D eigenvalue weighted by atomic mass is 35.5. The molecule has 15 heavy (non-hydrogen) atoms. The topological polar surface area (TPSA) is 17.1 Å². The Labute approximate surface area is 97.6 Å². The van der Waals surface area contributed by atoms with Crippen LogP contribution in [0, 0.1) is 5.92 Å². The Morgan fingerprint density at radius 2 is 1.47 bits per heavy atom. The van der Waals surface area contributed by atoms with Crippen molar-refractivity contribution in [2.75, 3.05) is 0 Å². The number of hydrogen-bond acceptors (Lipinski definition) is 1. The minimum absolute atomic E-state index is 0.286. The largest absolute Gasteiger partial charge is 0.297 e. The molecule has 0 N–H and O–H groups in total. The molecule has 2 fully saturated rings. The molecular formula is C13H21ClO. The van der Waals surface area contributed by atoms with Crippen molar-refractivity contribution in [3.63, 3.8) is 0 Å². The summed E-state index contributed by atoms with van der Waals surface area (Å²) in [6.07, 6.45) is 11.3. The van der Waals surface area contributed by atoms with Crippen molar-refractivity contribution in [1.82, 2.24) is 0 Å². The van der Waals surface area contributed by atoms with Gasteiger partial charge in [-0.1, -0.05) is 38.5 Å². The molecule has 0 amide bonds. The van der Waals surface area contributed by atoms with Crippen LogP contribution in [0.2, 0.25) is 0 Å². The molecule has 0 aromatic rings. The first-order valence-corrected chi connectivity index (χ1v) is 6.83. The Bertz CT molecular complexity index is 225. The van der Waals surface area contributed by atoms with E-state index in [0.717, 1.165) is 38.5 Å². The number of carbonyl (C=O) groups is 1. The molecule has 0 heterocycles. The standard InChI is InChI=1S/C13H21ClO/c14-13(9-5-2-6-10-13)12(15)11-7-3-1-4-8-11/h11H,1-10H2. The molecule has 0 spiro atoms. The zero-order chi connectivity index (χ0) is 10.7. The van der Waals surface area contributed by atoms with Crippen LogP contribution in [-0.2, 0) is 4.79 Å². The van der Waals surface area contributed by atoms with Crippen LogP contribution in [0.15, 0.2) is 0 Å². The maximum absolute atomic E-state index is 12.3. The first-order chi connectivity index (χ1) is 7.22. The van der Waals surface area contributed by atoms with Gasteiger partial charge in [0.1, 0.15) is 4.87 Å². The van der Waals surface area contributed by atoms with Crippen LogP contribution in [0.4, 0.5) is 0 Å². The fraction of sp³-hybridized carbons (Fsp3) is 0.923. The second-order valence-corrected chi connectivity index (χ2v) is 5.95. The van der Waals surface area contributed by atoms with Crippen molar-refractivity contribution in [3.8, 4) is 0 Å². The number of carbonyl (C=O) groups excluding carboxylic acids is 1. The minimum Gasteiger partial charge on any atom is -0.297 e. The fourth-order valence-electron chi connectivity index (χ4n) is 3.09. The Hall–Kier alpha value is -0.0400. The van der Waals surface area contributed by atoms with Crippen molar-refractivity contribution >= 4 is 17.4 Å². The van der Waals surface area contributed by atoms with E-state index < -0.39 is 4.87 Å². The molecule has 0 radical (unpaired) electrons. The first kappa shape index (κ1) is 11.4. The highest BCUT2D eigenvalue weighted by molar-refractivity contribution is 6.35. The lowest BCUT2D eigenvalue weighted by molar-refractivity contribution is -0.127. The summed E-state index contributed by atoms with van der Waals surface area (Å²) in [6.45, 7) is 0. The van der Waals surface area contributed by atoms with Gasteiger partial charge in [-0.2, -0.15) is 0 Å². The number of rotatable bonds is 2. The van der Waals surface area contributed by atoms with Gasteiger partial charge < -0.3 is 0 Å². The van der Waals surface area contributed by atoms with Gasteiger partial charge in [0.25, 0.3) is 0 Å². The molecule has 0 aromatic heterocycles. The third-order valence-corrected chi connectivity index (χ3v) is 4.63. The average molecular weight is 229 g/mol. The Morgan fingerprint density at radius 1 is 0.933 bits per heavy atom. The normalized spacial score (nSPS) is 27.5. The number of Topliss-reactive ketones (excluding diaryl/α,β-unsaturated/α-hetero) is 1. The Balaban J connectivity index is 1.98. The number of ketones is 1. The minimum atomic E-state index is -0.472. The maximum atomic E-state index is 12.3. The summed E-state index contributed by atoms with van der Waals surface area (Å²) in [5.74, 6) is 0.665. The van der Waals surface area contributed by atoms with Crippen molar-refractivity contribution < 1.29 is 4.79 Å². The van der Waals surface area contributed by atoms with Crippen LogP contribution in [0.3, 0.4) is 0 Å².